The van der Waals surface area contributed by atoms with E-state index >= 15 is 0 Å². The van der Waals surface area contributed by atoms with E-state index in [1.807, 2.05) is 36.5 Å². The Kier molecular flexibility index (Phi) is 7.89. The first-order chi connectivity index (χ1) is 17.0. The summed E-state index contributed by atoms with van der Waals surface area (Å²) in [5, 5.41) is 9.22. The number of Topliss-reactive ketones (excluding diaryl/α,β-unsaturated/α-hetero) is 1. The molecule has 0 aliphatic carbocycles. The van der Waals surface area contributed by atoms with E-state index in [0.717, 1.165) is 22.9 Å². The number of ketones is 1. The van der Waals surface area contributed by atoms with E-state index in [-0.39, 0.29) is 31.1 Å². The maximum Gasteiger partial charge on any atom is 0.414 e. The fourth-order valence-corrected chi connectivity index (χ4v) is 4.14. The van der Waals surface area contributed by atoms with E-state index in [1.165, 1.54) is 0 Å². The number of para-hydroxylation sites is 1. The van der Waals surface area contributed by atoms with E-state index in [4.69, 9.17) is 4.74 Å². The summed E-state index contributed by atoms with van der Waals surface area (Å²) in [6.45, 7) is 0.692. The van der Waals surface area contributed by atoms with Crippen LogP contribution in [-0.4, -0.2) is 53.9 Å². The first kappa shape index (κ1) is 24.2. The van der Waals surface area contributed by atoms with Crippen LogP contribution >= 0.6 is 0 Å². The van der Waals surface area contributed by atoms with Crippen molar-refractivity contribution >= 4 is 34.7 Å². The predicted molar refractivity (Wildman–Crippen MR) is 130 cm³/mol. The Hall–Kier alpha value is -3.98. The summed E-state index contributed by atoms with van der Waals surface area (Å²) in [7, 11) is 0. The van der Waals surface area contributed by atoms with Crippen molar-refractivity contribution in [2.75, 3.05) is 13.1 Å². The molecular weight excluding hydrogens is 448 g/mol. The molecule has 2 amide bonds. The van der Waals surface area contributed by atoms with Crippen LogP contribution in [-0.2, 0) is 20.7 Å². The number of carbonyl (C=O) groups excluding carboxylic acids is 4. The highest BCUT2D eigenvalue weighted by Gasteiger charge is 2.26. The lowest BCUT2D eigenvalue weighted by molar-refractivity contribution is -0.139. The van der Waals surface area contributed by atoms with Gasteiger partial charge in [0.25, 0.3) is 5.91 Å². The van der Waals surface area contributed by atoms with E-state index in [0.29, 0.717) is 18.5 Å². The molecule has 2 atom stereocenters. The Morgan fingerprint density at radius 3 is 2.57 bits per heavy atom. The molecule has 35 heavy (non-hydrogen) atoms. The number of hydrogen-bond acceptors (Lipinski definition) is 6. The molecule has 2 aromatic carbocycles. The number of ether oxygens (including phenoxy) is 1. The van der Waals surface area contributed by atoms with E-state index < -0.39 is 24.1 Å². The number of aromatic nitrogens is 1. The van der Waals surface area contributed by atoms with Gasteiger partial charge in [-0.15, -0.1) is 0 Å². The van der Waals surface area contributed by atoms with Gasteiger partial charge in [0.2, 0.25) is 0 Å². The van der Waals surface area contributed by atoms with Gasteiger partial charge >= 0.3 is 12.1 Å². The molecule has 0 spiro atoms. The van der Waals surface area contributed by atoms with Crippen molar-refractivity contribution in [2.45, 2.75) is 37.8 Å². The quantitative estimate of drug-likeness (QED) is 0.277. The molecule has 1 unspecified atom stereocenters. The number of hydrogen-bond donors (Lipinski definition) is 4. The third-order valence-electron chi connectivity index (χ3n) is 6.01. The number of esters is 1. The van der Waals surface area contributed by atoms with Gasteiger partial charge < -0.3 is 25.7 Å². The molecule has 1 aliphatic heterocycles. The van der Waals surface area contributed by atoms with E-state index in [2.05, 4.69) is 20.9 Å². The zero-order valence-electron chi connectivity index (χ0n) is 19.2. The molecule has 1 fully saturated rings. The summed E-state index contributed by atoms with van der Waals surface area (Å²) in [4.78, 5) is 52.9. The van der Waals surface area contributed by atoms with Gasteiger partial charge in [-0.25, -0.2) is 9.59 Å². The second-order valence-corrected chi connectivity index (χ2v) is 8.46. The maximum atomic E-state index is 13.1. The summed E-state index contributed by atoms with van der Waals surface area (Å²) in [5.74, 6) is -1.23. The smallest absolute Gasteiger partial charge is 0.375 e. The summed E-state index contributed by atoms with van der Waals surface area (Å²) in [5.41, 5.74) is 2.29. The van der Waals surface area contributed by atoms with Gasteiger partial charge in [-0.1, -0.05) is 36.4 Å². The van der Waals surface area contributed by atoms with Crippen LogP contribution in [0.15, 0.2) is 60.8 Å². The number of benzene rings is 2. The highest BCUT2D eigenvalue weighted by Crippen LogP contribution is 2.20. The van der Waals surface area contributed by atoms with Crippen LogP contribution in [0.25, 0.3) is 10.9 Å². The highest BCUT2D eigenvalue weighted by molar-refractivity contribution is 5.98. The molecule has 4 rings (SSSR count). The lowest BCUT2D eigenvalue weighted by Crippen LogP contribution is -2.43. The molecule has 0 bridgehead atoms. The third-order valence-corrected chi connectivity index (χ3v) is 6.01. The number of nitrogens with one attached hydrogen (secondary N) is 4. The standard InChI is InChI=1S/C26H28N4O5/c31-23(12-14-28-26(34)35-25(33)21-11-6-13-27-21)22(30-24(32)17-7-2-1-3-8-17)15-18-16-29-20-10-5-4-9-19(18)20/h1-5,7-10,16,21-22,27,29H,6,11-15H2,(H,28,34)(H,30,32)/t21-,22?/m0/s1. The zero-order chi connectivity index (χ0) is 24.6. The minimum Gasteiger partial charge on any atom is -0.375 e. The van der Waals surface area contributed by atoms with Gasteiger partial charge in [-0.2, -0.15) is 0 Å². The topological polar surface area (TPSA) is 129 Å². The summed E-state index contributed by atoms with van der Waals surface area (Å²) >= 11 is 0. The number of rotatable bonds is 9. The van der Waals surface area contributed by atoms with Crippen LogP contribution in [0.3, 0.4) is 0 Å². The SMILES string of the molecule is O=C(NCCC(=O)C(Cc1c[nH]c2ccccc12)NC(=O)c1ccccc1)OC(=O)[C@@H]1CCCN1. The normalized spacial score (nSPS) is 15.9. The minimum atomic E-state index is -0.891. The largest absolute Gasteiger partial charge is 0.414 e. The van der Waals surface area contributed by atoms with Crippen molar-refractivity contribution in [3.05, 3.63) is 71.9 Å². The fraction of sp³-hybridized carbons (Fsp3) is 0.308. The average Bonchev–Trinajstić information content (AvgIpc) is 3.55. The van der Waals surface area contributed by atoms with Gasteiger partial charge in [-0.3, -0.25) is 9.59 Å². The Bertz CT molecular complexity index is 1200. The summed E-state index contributed by atoms with van der Waals surface area (Å²) in [6, 6.07) is 15.1. The van der Waals surface area contributed by atoms with Crippen molar-refractivity contribution in [3.8, 4) is 0 Å². The van der Waals surface area contributed by atoms with Gasteiger partial charge in [0.1, 0.15) is 6.04 Å². The maximum absolute atomic E-state index is 13.1. The minimum absolute atomic E-state index is 0.0192. The molecule has 4 N–H and O–H groups in total. The lowest BCUT2D eigenvalue weighted by Gasteiger charge is -2.18. The molecule has 1 aliphatic rings. The number of carbonyl (C=O) groups is 4. The first-order valence-electron chi connectivity index (χ1n) is 11.7. The molecule has 182 valence electrons. The van der Waals surface area contributed by atoms with Crippen LogP contribution in [0.1, 0.15) is 35.2 Å². The Balaban J connectivity index is 1.38. The second kappa shape index (κ2) is 11.4. The molecule has 1 saturated heterocycles. The van der Waals surface area contributed by atoms with Gasteiger partial charge in [-0.05, 0) is 43.1 Å². The number of H-pyrrole nitrogens is 1. The summed E-state index contributed by atoms with van der Waals surface area (Å²) < 4.78 is 4.80. The number of aromatic amines is 1. The number of fused-ring (bicyclic) bond motifs is 1. The molecule has 0 saturated carbocycles. The third kappa shape index (κ3) is 6.33. The fourth-order valence-electron chi connectivity index (χ4n) is 4.14. The molecule has 9 heteroatoms. The Morgan fingerprint density at radius 1 is 1.03 bits per heavy atom. The Morgan fingerprint density at radius 2 is 1.80 bits per heavy atom. The molecule has 3 aromatic rings. The van der Waals surface area contributed by atoms with E-state index in [1.54, 1.807) is 24.3 Å². The van der Waals surface area contributed by atoms with Crippen LogP contribution in [0.5, 0.6) is 0 Å². The van der Waals surface area contributed by atoms with Crippen molar-refractivity contribution in [3.63, 3.8) is 0 Å². The van der Waals surface area contributed by atoms with Crippen LogP contribution in [0.4, 0.5) is 4.79 Å². The van der Waals surface area contributed by atoms with E-state index in [9.17, 15) is 19.2 Å². The van der Waals surface area contributed by atoms with Gasteiger partial charge in [0.15, 0.2) is 5.78 Å². The zero-order valence-corrected chi connectivity index (χ0v) is 19.2. The Labute approximate surface area is 202 Å². The molecule has 1 aromatic heterocycles. The summed E-state index contributed by atoms with van der Waals surface area (Å²) in [6.07, 6.45) is 2.67. The van der Waals surface area contributed by atoms with Crippen molar-refractivity contribution in [1.82, 2.24) is 20.9 Å². The molecule has 0 radical (unpaired) electrons. The van der Waals surface area contributed by atoms with Crippen molar-refractivity contribution in [1.29, 1.82) is 0 Å². The van der Waals surface area contributed by atoms with Gasteiger partial charge in [0.05, 0.1) is 6.04 Å². The lowest BCUT2D eigenvalue weighted by atomic mass is 9.99. The number of alkyl carbamates (subject to hydrolysis) is 1. The monoisotopic (exact) mass is 476 g/mol. The average molecular weight is 477 g/mol. The van der Waals surface area contributed by atoms with Crippen molar-refractivity contribution in [2.24, 2.45) is 0 Å². The van der Waals surface area contributed by atoms with Crippen molar-refractivity contribution < 1.29 is 23.9 Å². The first-order valence-corrected chi connectivity index (χ1v) is 11.7. The molecule has 2 heterocycles. The van der Waals surface area contributed by atoms with Crippen LogP contribution in [0.2, 0.25) is 0 Å². The van der Waals surface area contributed by atoms with Crippen LogP contribution in [0, 0.1) is 0 Å². The predicted octanol–water partition coefficient (Wildman–Crippen LogP) is 2.47. The van der Waals surface area contributed by atoms with Gasteiger partial charge in [0, 0.05) is 42.0 Å². The second-order valence-electron chi connectivity index (χ2n) is 8.46. The molecular formula is C26H28N4O5. The highest BCUT2D eigenvalue weighted by atomic mass is 16.6. The molecule has 9 nitrogen and oxygen atoms in total. The van der Waals surface area contributed by atoms with Crippen LogP contribution < -0.4 is 16.0 Å². The number of amides is 2.